The summed E-state index contributed by atoms with van der Waals surface area (Å²) in [4.78, 5) is 12.8. The lowest BCUT2D eigenvalue weighted by atomic mass is 9.61. The molecule has 3 heteroatoms. The molecule has 112 valence electrons. The highest BCUT2D eigenvalue weighted by Gasteiger charge is 2.56. The molecule has 0 amide bonds. The first-order valence-electron chi connectivity index (χ1n) is 7.99. The Kier molecular flexibility index (Phi) is 2.14. The highest BCUT2D eigenvalue weighted by atomic mass is 16.3. The van der Waals surface area contributed by atoms with Crippen molar-refractivity contribution in [2.45, 2.75) is 38.2 Å². The SMILES string of the molecule is C[C@@]12CC(=O)c3c4ccc5c(c(O)ccc35)CC(CC1O)C42. The topological polar surface area (TPSA) is 57.5 Å². The summed E-state index contributed by atoms with van der Waals surface area (Å²) in [6.07, 6.45) is 1.47. The number of Topliss-reactive ketones (excluding diaryl/α,β-unsaturated/α-hetero) is 1. The third-order valence-electron chi connectivity index (χ3n) is 6.41. The minimum absolute atomic E-state index is 0.137. The largest absolute Gasteiger partial charge is 0.508 e. The van der Waals surface area contributed by atoms with E-state index in [0.717, 1.165) is 33.9 Å². The average molecular weight is 294 g/mol. The maximum Gasteiger partial charge on any atom is 0.164 e. The van der Waals surface area contributed by atoms with Crippen LogP contribution in [0, 0.1) is 11.3 Å². The van der Waals surface area contributed by atoms with Crippen molar-refractivity contribution in [2.24, 2.45) is 11.3 Å². The number of rotatable bonds is 0. The quantitative estimate of drug-likeness (QED) is 0.784. The van der Waals surface area contributed by atoms with Gasteiger partial charge in [-0.15, -0.1) is 0 Å². The summed E-state index contributed by atoms with van der Waals surface area (Å²) in [5.41, 5.74) is 2.52. The van der Waals surface area contributed by atoms with Gasteiger partial charge in [0.05, 0.1) is 6.10 Å². The van der Waals surface area contributed by atoms with Gasteiger partial charge in [0, 0.05) is 23.0 Å². The van der Waals surface area contributed by atoms with E-state index in [0.29, 0.717) is 24.5 Å². The summed E-state index contributed by atoms with van der Waals surface area (Å²) >= 11 is 0. The van der Waals surface area contributed by atoms with Gasteiger partial charge in [0.15, 0.2) is 5.78 Å². The Balaban J connectivity index is 1.96. The maximum atomic E-state index is 12.8. The number of benzene rings is 2. The third-order valence-corrected chi connectivity index (χ3v) is 6.41. The van der Waals surface area contributed by atoms with Gasteiger partial charge in [0.2, 0.25) is 0 Å². The smallest absolute Gasteiger partial charge is 0.164 e. The van der Waals surface area contributed by atoms with Crippen molar-refractivity contribution in [1.82, 2.24) is 0 Å². The predicted octanol–water partition coefficient (Wildman–Crippen LogP) is 3.16. The maximum absolute atomic E-state index is 12.8. The van der Waals surface area contributed by atoms with Crippen LogP contribution in [0.2, 0.25) is 0 Å². The van der Waals surface area contributed by atoms with E-state index in [9.17, 15) is 15.0 Å². The molecule has 2 aromatic rings. The fraction of sp³-hybridized carbons (Fsp3) is 0.421. The third kappa shape index (κ3) is 1.25. The van der Waals surface area contributed by atoms with Gasteiger partial charge in [-0.25, -0.2) is 0 Å². The second-order valence-electron chi connectivity index (χ2n) is 7.49. The number of aliphatic hydroxyl groups excluding tert-OH is 1. The highest BCUT2D eigenvalue weighted by Crippen LogP contribution is 2.61. The summed E-state index contributed by atoms with van der Waals surface area (Å²) in [6, 6.07) is 7.69. The first-order valence-corrected chi connectivity index (χ1v) is 7.99. The van der Waals surface area contributed by atoms with Crippen LogP contribution in [0.5, 0.6) is 5.75 Å². The lowest BCUT2D eigenvalue weighted by Gasteiger charge is -2.42. The molecule has 2 aromatic carbocycles. The van der Waals surface area contributed by atoms with Crippen LogP contribution in [0.15, 0.2) is 24.3 Å². The van der Waals surface area contributed by atoms with Crippen LogP contribution in [0.25, 0.3) is 10.8 Å². The van der Waals surface area contributed by atoms with Crippen LogP contribution in [-0.4, -0.2) is 22.1 Å². The van der Waals surface area contributed by atoms with E-state index in [1.54, 1.807) is 6.07 Å². The molecule has 6 bridgehead atoms. The number of fused-ring (bicyclic) bond motifs is 1. The Hall–Kier alpha value is -1.87. The van der Waals surface area contributed by atoms with Crippen molar-refractivity contribution >= 4 is 16.6 Å². The number of hydrogen-bond acceptors (Lipinski definition) is 3. The van der Waals surface area contributed by atoms with Crippen molar-refractivity contribution in [3.8, 4) is 5.75 Å². The van der Waals surface area contributed by atoms with E-state index < -0.39 is 6.10 Å². The number of carbonyl (C=O) groups excluding carboxylic acids is 1. The molecule has 0 aliphatic heterocycles. The van der Waals surface area contributed by atoms with E-state index in [1.807, 2.05) is 12.1 Å². The van der Waals surface area contributed by atoms with E-state index in [-0.39, 0.29) is 17.1 Å². The molecule has 4 aliphatic carbocycles. The van der Waals surface area contributed by atoms with Gasteiger partial charge in [-0.1, -0.05) is 19.1 Å². The molecule has 1 fully saturated rings. The van der Waals surface area contributed by atoms with Crippen LogP contribution in [0.4, 0.5) is 0 Å². The van der Waals surface area contributed by atoms with Crippen molar-refractivity contribution in [2.75, 3.05) is 0 Å². The molecule has 6 rings (SSSR count). The van der Waals surface area contributed by atoms with Gasteiger partial charge < -0.3 is 10.2 Å². The zero-order valence-electron chi connectivity index (χ0n) is 12.5. The molecule has 0 heterocycles. The molecule has 22 heavy (non-hydrogen) atoms. The second-order valence-corrected chi connectivity index (χ2v) is 7.49. The van der Waals surface area contributed by atoms with Crippen LogP contribution in [-0.2, 0) is 6.42 Å². The highest BCUT2D eigenvalue weighted by molar-refractivity contribution is 6.12. The van der Waals surface area contributed by atoms with Crippen molar-refractivity contribution < 1.29 is 15.0 Å². The molecule has 0 radical (unpaired) electrons. The number of ketones is 1. The van der Waals surface area contributed by atoms with Gasteiger partial charge in [-0.3, -0.25) is 4.79 Å². The Morgan fingerprint density at radius 1 is 1.18 bits per heavy atom. The summed E-state index contributed by atoms with van der Waals surface area (Å²) in [7, 11) is 0. The number of phenols is 1. The molecule has 3 nitrogen and oxygen atoms in total. The lowest BCUT2D eigenvalue weighted by molar-refractivity contribution is 0.0410. The lowest BCUT2D eigenvalue weighted by Crippen LogP contribution is -2.39. The molecular formula is C19H18O3. The number of aromatic hydroxyl groups is 1. The first kappa shape index (κ1) is 12.7. The van der Waals surface area contributed by atoms with Crippen molar-refractivity contribution in [3.05, 3.63) is 41.0 Å². The molecule has 0 spiro atoms. The monoisotopic (exact) mass is 294 g/mol. The van der Waals surface area contributed by atoms with Crippen LogP contribution in [0.3, 0.4) is 0 Å². The zero-order valence-corrected chi connectivity index (χ0v) is 12.5. The van der Waals surface area contributed by atoms with Crippen LogP contribution < -0.4 is 0 Å². The molecule has 3 unspecified atom stereocenters. The number of hydrogen-bond donors (Lipinski definition) is 2. The van der Waals surface area contributed by atoms with Gasteiger partial charge in [0.25, 0.3) is 0 Å². The predicted molar refractivity (Wildman–Crippen MR) is 83.2 cm³/mol. The van der Waals surface area contributed by atoms with E-state index in [2.05, 4.69) is 13.0 Å². The van der Waals surface area contributed by atoms with Crippen molar-refractivity contribution in [3.63, 3.8) is 0 Å². The minimum atomic E-state index is -0.448. The normalized spacial score (nSPS) is 35.2. The fourth-order valence-electron chi connectivity index (χ4n) is 5.43. The molecule has 1 saturated carbocycles. The first-order chi connectivity index (χ1) is 10.5. The Morgan fingerprint density at radius 2 is 1.95 bits per heavy atom. The van der Waals surface area contributed by atoms with Gasteiger partial charge in [-0.05, 0) is 53.1 Å². The standard InChI is InChI=1S/C19H18O3/c1-19-8-15(21)17-11-4-5-14(20)13-6-9(7-16(19)22)18(19)12(17)3-2-10(11)13/h2-5,9,16,18,20,22H,6-8H2,1H3/t9?,16?,18?,19-/m1/s1. The fourth-order valence-corrected chi connectivity index (χ4v) is 5.43. The molecule has 4 aliphatic rings. The molecule has 2 N–H and O–H groups in total. The van der Waals surface area contributed by atoms with Gasteiger partial charge in [-0.2, -0.15) is 0 Å². The summed E-state index contributed by atoms with van der Waals surface area (Å²) in [6.45, 7) is 2.06. The molecular weight excluding hydrogens is 276 g/mol. The number of phenolic OH excluding ortho intramolecular Hbond substituents is 1. The van der Waals surface area contributed by atoms with E-state index >= 15 is 0 Å². The Labute approximate surface area is 128 Å². The summed E-state index contributed by atoms with van der Waals surface area (Å²) < 4.78 is 0. The second kappa shape index (κ2) is 3.72. The van der Waals surface area contributed by atoms with Gasteiger partial charge >= 0.3 is 0 Å². The minimum Gasteiger partial charge on any atom is -0.508 e. The number of carbonyl (C=O) groups is 1. The van der Waals surface area contributed by atoms with E-state index in [4.69, 9.17) is 0 Å². The summed E-state index contributed by atoms with van der Waals surface area (Å²) in [5.74, 6) is 0.946. The number of aliphatic hydroxyl groups is 1. The van der Waals surface area contributed by atoms with E-state index in [1.165, 1.54) is 0 Å². The molecule has 0 aromatic heterocycles. The van der Waals surface area contributed by atoms with Crippen LogP contribution >= 0.6 is 0 Å². The Morgan fingerprint density at radius 3 is 2.77 bits per heavy atom. The summed E-state index contributed by atoms with van der Waals surface area (Å²) in [5, 5.41) is 22.9. The van der Waals surface area contributed by atoms with Crippen molar-refractivity contribution in [1.29, 1.82) is 0 Å². The Bertz CT molecular complexity index is 853. The van der Waals surface area contributed by atoms with Crippen LogP contribution in [0.1, 0.15) is 47.2 Å². The molecule has 0 saturated heterocycles. The molecule has 4 atom stereocenters. The van der Waals surface area contributed by atoms with Gasteiger partial charge in [0.1, 0.15) is 5.75 Å². The average Bonchev–Trinajstić information content (AvgIpc) is 2.69. The zero-order chi connectivity index (χ0) is 15.2.